The summed E-state index contributed by atoms with van der Waals surface area (Å²) < 4.78 is 10.8. The summed E-state index contributed by atoms with van der Waals surface area (Å²) in [5.74, 6) is 1.25. The molecule has 0 bridgehead atoms. The minimum atomic E-state index is -0.267. The second-order valence-electron chi connectivity index (χ2n) is 6.66. The highest BCUT2D eigenvalue weighted by Gasteiger charge is 2.11. The fraction of sp³-hybridized carbons (Fsp3) is 0.0870. The number of rotatable bonds is 6. The van der Waals surface area contributed by atoms with E-state index in [4.69, 9.17) is 20.9 Å². The Morgan fingerprint density at radius 1 is 0.967 bits per heavy atom. The molecule has 0 radical (unpaired) electrons. The van der Waals surface area contributed by atoms with Crippen molar-refractivity contribution < 1.29 is 14.1 Å². The molecule has 7 heteroatoms. The average molecular weight is 420 g/mol. The standard InChI is InChI=1S/C23H18ClN3O3/c1-15-2-4-16(5-3-15)22-26-23(30-27-22)17-6-10-19(11-7-17)25-21(28)14-29-20-12-8-18(24)9-13-20/h2-13H,14H2,1H3,(H,25,28). The van der Waals surface area contributed by atoms with E-state index < -0.39 is 0 Å². The quantitative estimate of drug-likeness (QED) is 0.453. The van der Waals surface area contributed by atoms with Crippen LogP contribution in [-0.2, 0) is 4.79 Å². The molecule has 150 valence electrons. The Hall–Kier alpha value is -3.64. The summed E-state index contributed by atoms with van der Waals surface area (Å²) in [6.07, 6.45) is 0. The van der Waals surface area contributed by atoms with Crippen molar-refractivity contribution in [1.29, 1.82) is 0 Å². The van der Waals surface area contributed by atoms with Crippen molar-refractivity contribution in [3.05, 3.63) is 83.4 Å². The van der Waals surface area contributed by atoms with Crippen LogP contribution in [0.2, 0.25) is 5.02 Å². The molecule has 0 spiro atoms. The smallest absolute Gasteiger partial charge is 0.262 e. The first-order valence-electron chi connectivity index (χ1n) is 9.26. The molecule has 0 fully saturated rings. The molecule has 6 nitrogen and oxygen atoms in total. The number of nitrogens with zero attached hydrogens (tertiary/aromatic N) is 2. The van der Waals surface area contributed by atoms with Crippen molar-refractivity contribution >= 4 is 23.2 Å². The SMILES string of the molecule is Cc1ccc(-c2noc(-c3ccc(NC(=O)COc4ccc(Cl)cc4)cc3)n2)cc1. The van der Waals surface area contributed by atoms with E-state index in [0.717, 1.165) is 11.1 Å². The monoisotopic (exact) mass is 419 g/mol. The molecule has 1 heterocycles. The van der Waals surface area contributed by atoms with E-state index in [1.165, 1.54) is 5.56 Å². The van der Waals surface area contributed by atoms with Gasteiger partial charge in [-0.05, 0) is 55.5 Å². The highest BCUT2D eigenvalue weighted by molar-refractivity contribution is 6.30. The molecule has 1 N–H and O–H groups in total. The summed E-state index contributed by atoms with van der Waals surface area (Å²) in [4.78, 5) is 16.5. The van der Waals surface area contributed by atoms with Crippen molar-refractivity contribution in [3.63, 3.8) is 0 Å². The Bertz CT molecular complexity index is 1140. The molecule has 0 aliphatic rings. The second kappa shape index (κ2) is 8.80. The lowest BCUT2D eigenvalue weighted by Gasteiger charge is -2.08. The number of benzene rings is 3. The number of anilines is 1. The van der Waals surface area contributed by atoms with Crippen LogP contribution in [0.5, 0.6) is 5.75 Å². The van der Waals surface area contributed by atoms with Crippen LogP contribution in [0.3, 0.4) is 0 Å². The van der Waals surface area contributed by atoms with E-state index in [0.29, 0.717) is 28.2 Å². The van der Waals surface area contributed by atoms with E-state index in [-0.39, 0.29) is 12.5 Å². The van der Waals surface area contributed by atoms with Crippen molar-refractivity contribution in [2.75, 3.05) is 11.9 Å². The molecule has 4 rings (SSSR count). The molecule has 0 aliphatic heterocycles. The number of hydrogen-bond acceptors (Lipinski definition) is 5. The average Bonchev–Trinajstić information content (AvgIpc) is 3.25. The zero-order valence-electron chi connectivity index (χ0n) is 16.1. The fourth-order valence-electron chi connectivity index (χ4n) is 2.73. The van der Waals surface area contributed by atoms with Crippen molar-refractivity contribution in [3.8, 4) is 28.6 Å². The molecule has 0 aliphatic carbocycles. The number of halogens is 1. The second-order valence-corrected chi connectivity index (χ2v) is 7.09. The van der Waals surface area contributed by atoms with Gasteiger partial charge in [0.1, 0.15) is 5.75 Å². The van der Waals surface area contributed by atoms with Gasteiger partial charge in [0.25, 0.3) is 11.8 Å². The minimum absolute atomic E-state index is 0.104. The molecule has 3 aromatic carbocycles. The number of aryl methyl sites for hydroxylation is 1. The van der Waals surface area contributed by atoms with Crippen LogP contribution < -0.4 is 10.1 Å². The molecule has 4 aromatic rings. The predicted molar refractivity (Wildman–Crippen MR) is 115 cm³/mol. The predicted octanol–water partition coefficient (Wildman–Crippen LogP) is 5.38. The van der Waals surface area contributed by atoms with Crippen LogP contribution in [0, 0.1) is 6.92 Å². The van der Waals surface area contributed by atoms with Gasteiger partial charge in [-0.2, -0.15) is 4.98 Å². The Morgan fingerprint density at radius 3 is 2.33 bits per heavy atom. The summed E-state index contributed by atoms with van der Waals surface area (Å²) in [5, 5.41) is 7.43. The first-order chi connectivity index (χ1) is 14.6. The maximum atomic E-state index is 12.1. The summed E-state index contributed by atoms with van der Waals surface area (Å²) >= 11 is 5.83. The van der Waals surface area contributed by atoms with Gasteiger partial charge in [-0.1, -0.05) is 46.6 Å². The first-order valence-corrected chi connectivity index (χ1v) is 9.64. The van der Waals surface area contributed by atoms with Gasteiger partial charge in [0.05, 0.1) is 0 Å². The summed E-state index contributed by atoms with van der Waals surface area (Å²) in [5.41, 5.74) is 3.46. The molecular weight excluding hydrogens is 402 g/mol. The number of carbonyl (C=O) groups excluding carboxylic acids is 1. The van der Waals surface area contributed by atoms with Gasteiger partial charge in [-0.15, -0.1) is 0 Å². The maximum absolute atomic E-state index is 12.1. The van der Waals surface area contributed by atoms with E-state index in [1.807, 2.05) is 43.3 Å². The van der Waals surface area contributed by atoms with E-state index in [2.05, 4.69) is 15.5 Å². The third-order valence-corrected chi connectivity index (χ3v) is 4.59. The van der Waals surface area contributed by atoms with Crippen LogP contribution in [0.25, 0.3) is 22.8 Å². The molecule has 0 saturated carbocycles. The molecule has 0 saturated heterocycles. The molecule has 0 atom stereocenters. The van der Waals surface area contributed by atoms with Gasteiger partial charge >= 0.3 is 0 Å². The van der Waals surface area contributed by atoms with Crippen LogP contribution >= 0.6 is 11.6 Å². The largest absolute Gasteiger partial charge is 0.484 e. The van der Waals surface area contributed by atoms with Gasteiger partial charge in [0, 0.05) is 21.8 Å². The Balaban J connectivity index is 1.36. The zero-order chi connectivity index (χ0) is 20.9. The highest BCUT2D eigenvalue weighted by Crippen LogP contribution is 2.24. The lowest BCUT2D eigenvalue weighted by molar-refractivity contribution is -0.118. The van der Waals surface area contributed by atoms with Crippen molar-refractivity contribution in [2.45, 2.75) is 6.92 Å². The first kappa shape index (κ1) is 19.7. The number of carbonyl (C=O) groups is 1. The Morgan fingerprint density at radius 2 is 1.63 bits per heavy atom. The molecule has 1 aromatic heterocycles. The fourth-order valence-corrected chi connectivity index (χ4v) is 2.86. The van der Waals surface area contributed by atoms with Gasteiger partial charge < -0.3 is 14.6 Å². The number of hydrogen-bond donors (Lipinski definition) is 1. The Kier molecular flexibility index (Phi) is 5.77. The van der Waals surface area contributed by atoms with E-state index in [9.17, 15) is 4.79 Å². The molecular formula is C23H18ClN3O3. The number of ether oxygens (including phenoxy) is 1. The molecule has 1 amide bonds. The lowest BCUT2D eigenvalue weighted by Crippen LogP contribution is -2.20. The number of amides is 1. The third kappa shape index (κ3) is 4.85. The van der Waals surface area contributed by atoms with Crippen molar-refractivity contribution in [1.82, 2.24) is 10.1 Å². The van der Waals surface area contributed by atoms with Crippen LogP contribution in [0.1, 0.15) is 5.56 Å². The zero-order valence-corrected chi connectivity index (χ0v) is 16.9. The summed E-state index contributed by atoms with van der Waals surface area (Å²) in [6.45, 7) is 1.92. The summed E-state index contributed by atoms with van der Waals surface area (Å²) in [7, 11) is 0. The van der Waals surface area contributed by atoms with Crippen LogP contribution in [0.15, 0.2) is 77.3 Å². The number of nitrogens with one attached hydrogen (secondary N) is 1. The van der Waals surface area contributed by atoms with Crippen molar-refractivity contribution in [2.24, 2.45) is 0 Å². The van der Waals surface area contributed by atoms with E-state index in [1.54, 1.807) is 36.4 Å². The highest BCUT2D eigenvalue weighted by atomic mass is 35.5. The summed E-state index contributed by atoms with van der Waals surface area (Å²) in [6, 6.07) is 21.9. The van der Waals surface area contributed by atoms with E-state index >= 15 is 0 Å². The van der Waals surface area contributed by atoms with Gasteiger partial charge in [0.15, 0.2) is 6.61 Å². The lowest BCUT2D eigenvalue weighted by atomic mass is 10.1. The number of aromatic nitrogens is 2. The minimum Gasteiger partial charge on any atom is -0.484 e. The maximum Gasteiger partial charge on any atom is 0.262 e. The molecule has 30 heavy (non-hydrogen) atoms. The van der Waals surface area contributed by atoms with Gasteiger partial charge in [-0.3, -0.25) is 4.79 Å². The molecule has 0 unspecified atom stereocenters. The topological polar surface area (TPSA) is 77.2 Å². The normalized spacial score (nSPS) is 10.6. The van der Waals surface area contributed by atoms with Crippen LogP contribution in [-0.4, -0.2) is 22.7 Å². The van der Waals surface area contributed by atoms with Gasteiger partial charge in [-0.25, -0.2) is 0 Å². The Labute approximate surface area is 178 Å². The third-order valence-electron chi connectivity index (χ3n) is 4.33. The van der Waals surface area contributed by atoms with Gasteiger partial charge in [0.2, 0.25) is 5.82 Å². The van der Waals surface area contributed by atoms with Crippen LogP contribution in [0.4, 0.5) is 5.69 Å².